The first-order valence-corrected chi connectivity index (χ1v) is 9.31. The van der Waals surface area contributed by atoms with Crippen molar-refractivity contribution in [1.29, 1.82) is 0 Å². The van der Waals surface area contributed by atoms with E-state index in [1.165, 1.54) is 29.5 Å². The number of ether oxygens (including phenoxy) is 1. The van der Waals surface area contributed by atoms with Crippen molar-refractivity contribution >= 4 is 28.8 Å². The molecule has 0 radical (unpaired) electrons. The predicted molar refractivity (Wildman–Crippen MR) is 102 cm³/mol. The minimum atomic E-state index is -1.00. The van der Waals surface area contributed by atoms with E-state index in [0.717, 1.165) is 0 Å². The topological polar surface area (TPSA) is 71.5 Å². The summed E-state index contributed by atoms with van der Waals surface area (Å²) >= 11 is 7.12. The number of benzene rings is 2. The summed E-state index contributed by atoms with van der Waals surface area (Å²) in [5.41, 5.74) is 0.631. The third-order valence-electron chi connectivity index (χ3n) is 3.65. The highest BCUT2D eigenvalue weighted by atomic mass is 35.5. The van der Waals surface area contributed by atoms with Gasteiger partial charge in [-0.15, -0.1) is 11.3 Å². The van der Waals surface area contributed by atoms with Crippen LogP contribution in [-0.4, -0.2) is 22.5 Å². The Bertz CT molecular complexity index is 917. The van der Waals surface area contributed by atoms with Crippen molar-refractivity contribution in [3.63, 3.8) is 0 Å². The van der Waals surface area contributed by atoms with Crippen LogP contribution in [0.5, 0.6) is 5.75 Å². The van der Waals surface area contributed by atoms with E-state index in [-0.39, 0.29) is 18.8 Å². The fraction of sp³-hybridized carbons (Fsp3) is 0.158. The lowest BCUT2D eigenvalue weighted by Gasteiger charge is -2.11. The standard InChI is InChI=1S/C19H16ClFN2O3S/c20-13-4-6-15(7-5-13)26-10-18-23-16(11-27-18)19(25)22-9-17(24)12-2-1-3-14(21)8-12/h1-8,11,17,24H,9-10H2,(H,22,25). The van der Waals surface area contributed by atoms with Gasteiger partial charge in [-0.3, -0.25) is 4.79 Å². The number of amides is 1. The number of carbonyl (C=O) groups excluding carboxylic acids is 1. The highest BCUT2D eigenvalue weighted by Gasteiger charge is 2.14. The SMILES string of the molecule is O=C(NCC(O)c1cccc(F)c1)c1csc(COc2ccc(Cl)cc2)n1. The van der Waals surface area contributed by atoms with Gasteiger partial charge in [0.2, 0.25) is 0 Å². The smallest absolute Gasteiger partial charge is 0.270 e. The number of rotatable bonds is 7. The molecular weight excluding hydrogens is 391 g/mol. The summed E-state index contributed by atoms with van der Waals surface area (Å²) in [5, 5.41) is 15.5. The molecule has 3 rings (SSSR count). The second kappa shape index (κ2) is 8.94. The van der Waals surface area contributed by atoms with Gasteiger partial charge in [0.15, 0.2) is 0 Å². The number of carbonyl (C=O) groups is 1. The monoisotopic (exact) mass is 406 g/mol. The summed E-state index contributed by atoms with van der Waals surface area (Å²) in [6.07, 6.45) is -1.00. The van der Waals surface area contributed by atoms with Crippen LogP contribution < -0.4 is 10.1 Å². The summed E-state index contributed by atoms with van der Waals surface area (Å²) < 4.78 is 18.8. The third-order valence-corrected chi connectivity index (χ3v) is 4.72. The molecule has 0 aliphatic rings. The zero-order valence-electron chi connectivity index (χ0n) is 14.1. The van der Waals surface area contributed by atoms with Gasteiger partial charge in [-0.1, -0.05) is 23.7 Å². The van der Waals surface area contributed by atoms with Crippen LogP contribution in [0.15, 0.2) is 53.9 Å². The van der Waals surface area contributed by atoms with Crippen LogP contribution in [0.25, 0.3) is 0 Å². The van der Waals surface area contributed by atoms with Crippen molar-refractivity contribution in [3.8, 4) is 5.75 Å². The number of hydrogen-bond acceptors (Lipinski definition) is 5. The average molecular weight is 407 g/mol. The Labute approximate surface area is 164 Å². The molecule has 2 N–H and O–H groups in total. The van der Waals surface area contributed by atoms with Gasteiger partial charge in [-0.25, -0.2) is 9.37 Å². The Morgan fingerprint density at radius 2 is 2.07 bits per heavy atom. The number of aromatic nitrogens is 1. The number of nitrogens with one attached hydrogen (secondary N) is 1. The molecule has 0 aliphatic heterocycles. The molecule has 0 fully saturated rings. The van der Waals surface area contributed by atoms with Crippen LogP contribution in [0.2, 0.25) is 5.02 Å². The maximum atomic E-state index is 13.2. The second-order valence-corrected chi connectivity index (χ2v) is 7.03. The van der Waals surface area contributed by atoms with Crippen LogP contribution >= 0.6 is 22.9 Å². The fourth-order valence-corrected chi connectivity index (χ4v) is 3.08. The molecule has 0 saturated carbocycles. The molecule has 3 aromatic rings. The van der Waals surface area contributed by atoms with E-state index in [1.807, 2.05) is 0 Å². The molecule has 1 heterocycles. The number of hydrogen-bond donors (Lipinski definition) is 2. The molecule has 27 heavy (non-hydrogen) atoms. The van der Waals surface area contributed by atoms with Gasteiger partial charge in [-0.05, 0) is 42.0 Å². The van der Waals surface area contributed by atoms with E-state index in [1.54, 1.807) is 35.7 Å². The van der Waals surface area contributed by atoms with E-state index in [0.29, 0.717) is 21.3 Å². The lowest BCUT2D eigenvalue weighted by Crippen LogP contribution is -2.28. The fourth-order valence-electron chi connectivity index (χ4n) is 2.27. The Morgan fingerprint density at radius 3 is 2.81 bits per heavy atom. The van der Waals surface area contributed by atoms with Crippen LogP contribution in [0.3, 0.4) is 0 Å². The molecule has 2 aromatic carbocycles. The quantitative estimate of drug-likeness (QED) is 0.622. The maximum Gasteiger partial charge on any atom is 0.270 e. The molecule has 0 saturated heterocycles. The van der Waals surface area contributed by atoms with E-state index in [9.17, 15) is 14.3 Å². The number of aliphatic hydroxyl groups is 1. The molecule has 1 atom stereocenters. The van der Waals surface area contributed by atoms with Crippen molar-refractivity contribution in [2.75, 3.05) is 6.54 Å². The lowest BCUT2D eigenvalue weighted by atomic mass is 10.1. The van der Waals surface area contributed by atoms with Crippen LogP contribution in [0, 0.1) is 5.82 Å². The summed E-state index contributed by atoms with van der Waals surface area (Å²) in [7, 11) is 0. The summed E-state index contributed by atoms with van der Waals surface area (Å²) in [6.45, 7) is 0.182. The molecule has 8 heteroatoms. The molecule has 140 valence electrons. The van der Waals surface area contributed by atoms with Gasteiger partial charge < -0.3 is 15.2 Å². The number of nitrogens with zero attached hydrogens (tertiary/aromatic N) is 1. The molecule has 0 spiro atoms. The first-order chi connectivity index (χ1) is 13.0. The molecule has 1 aromatic heterocycles. The van der Waals surface area contributed by atoms with Crippen molar-refractivity contribution in [3.05, 3.63) is 81.0 Å². The van der Waals surface area contributed by atoms with Crippen molar-refractivity contribution in [2.45, 2.75) is 12.7 Å². The van der Waals surface area contributed by atoms with Gasteiger partial charge in [0.25, 0.3) is 5.91 Å². The largest absolute Gasteiger partial charge is 0.486 e. The highest BCUT2D eigenvalue weighted by molar-refractivity contribution is 7.09. The Hall–Kier alpha value is -2.48. The first kappa shape index (κ1) is 19.3. The second-order valence-electron chi connectivity index (χ2n) is 5.65. The zero-order valence-corrected chi connectivity index (χ0v) is 15.6. The van der Waals surface area contributed by atoms with E-state index >= 15 is 0 Å². The minimum Gasteiger partial charge on any atom is -0.486 e. The minimum absolute atomic E-state index is 0.0452. The normalized spacial score (nSPS) is 11.8. The van der Waals surface area contributed by atoms with Gasteiger partial charge in [0.1, 0.15) is 28.9 Å². The van der Waals surface area contributed by atoms with E-state index in [4.69, 9.17) is 16.3 Å². The van der Waals surface area contributed by atoms with Gasteiger partial charge in [0, 0.05) is 16.9 Å². The Balaban J connectivity index is 1.51. The molecule has 0 bridgehead atoms. The molecular formula is C19H16ClFN2O3S. The molecule has 0 aliphatic carbocycles. The van der Waals surface area contributed by atoms with Crippen molar-refractivity contribution in [2.24, 2.45) is 0 Å². The Morgan fingerprint density at radius 1 is 1.30 bits per heavy atom. The molecule has 1 unspecified atom stereocenters. The van der Waals surface area contributed by atoms with Gasteiger partial charge >= 0.3 is 0 Å². The van der Waals surface area contributed by atoms with Crippen LogP contribution in [0.1, 0.15) is 27.2 Å². The maximum absolute atomic E-state index is 13.2. The molecule has 5 nitrogen and oxygen atoms in total. The number of halogens is 2. The lowest BCUT2D eigenvalue weighted by molar-refractivity contribution is 0.0911. The van der Waals surface area contributed by atoms with Gasteiger partial charge in [-0.2, -0.15) is 0 Å². The van der Waals surface area contributed by atoms with Gasteiger partial charge in [0.05, 0.1) is 6.10 Å². The average Bonchev–Trinajstić information content (AvgIpc) is 3.14. The number of thiazole rings is 1. The predicted octanol–water partition coefficient (Wildman–Crippen LogP) is 3.98. The third kappa shape index (κ3) is 5.50. The summed E-state index contributed by atoms with van der Waals surface area (Å²) in [4.78, 5) is 16.4. The zero-order chi connectivity index (χ0) is 19.2. The summed E-state index contributed by atoms with van der Waals surface area (Å²) in [6, 6.07) is 12.6. The summed E-state index contributed by atoms with van der Waals surface area (Å²) in [5.74, 6) is -0.207. The van der Waals surface area contributed by atoms with Crippen molar-refractivity contribution < 1.29 is 19.0 Å². The Kier molecular flexibility index (Phi) is 6.39. The highest BCUT2D eigenvalue weighted by Crippen LogP contribution is 2.18. The van der Waals surface area contributed by atoms with E-state index in [2.05, 4.69) is 10.3 Å². The molecule has 1 amide bonds. The van der Waals surface area contributed by atoms with Crippen molar-refractivity contribution in [1.82, 2.24) is 10.3 Å². The first-order valence-electron chi connectivity index (χ1n) is 8.06. The van der Waals surface area contributed by atoms with Crippen LogP contribution in [0.4, 0.5) is 4.39 Å². The van der Waals surface area contributed by atoms with Crippen LogP contribution in [-0.2, 0) is 6.61 Å². The van der Waals surface area contributed by atoms with E-state index < -0.39 is 17.8 Å². The number of aliphatic hydroxyl groups excluding tert-OH is 1.